The van der Waals surface area contributed by atoms with Crippen molar-refractivity contribution >= 4 is 23.0 Å². The zero-order chi connectivity index (χ0) is 13.8. The molecule has 0 unspecified atom stereocenters. The van der Waals surface area contributed by atoms with Crippen LogP contribution in [-0.2, 0) is 6.54 Å². The number of hydrogen-bond donors (Lipinski definition) is 2. The van der Waals surface area contributed by atoms with E-state index in [2.05, 4.69) is 44.7 Å². The zero-order valence-electron chi connectivity index (χ0n) is 11.5. The van der Waals surface area contributed by atoms with Crippen LogP contribution in [0, 0.1) is 13.8 Å². The Morgan fingerprint density at radius 1 is 1.37 bits per heavy atom. The zero-order valence-corrected chi connectivity index (χ0v) is 12.3. The van der Waals surface area contributed by atoms with Gasteiger partial charge >= 0.3 is 0 Å². The topological polar surface area (TPSA) is 67.1 Å². The molecule has 0 fully saturated rings. The second-order valence-corrected chi connectivity index (χ2v) is 5.34. The Hall–Kier alpha value is -1.66. The average molecular weight is 277 g/mol. The molecule has 6 heteroatoms. The fourth-order valence-electron chi connectivity index (χ4n) is 1.99. The highest BCUT2D eigenvalue weighted by atomic mass is 32.1. The highest BCUT2D eigenvalue weighted by Crippen LogP contribution is 2.25. The van der Waals surface area contributed by atoms with Crippen LogP contribution in [0.25, 0.3) is 0 Å². The van der Waals surface area contributed by atoms with Crippen LogP contribution in [-0.4, -0.2) is 16.5 Å². The number of aryl methyl sites for hydroxylation is 1. The van der Waals surface area contributed by atoms with Gasteiger partial charge in [0, 0.05) is 17.0 Å². The molecule has 0 aliphatic heterocycles. The van der Waals surface area contributed by atoms with E-state index in [1.165, 1.54) is 4.88 Å². The van der Waals surface area contributed by atoms with E-state index in [4.69, 9.17) is 5.84 Å². The van der Waals surface area contributed by atoms with Crippen LogP contribution in [0.4, 0.5) is 11.6 Å². The maximum Gasteiger partial charge on any atom is 0.148 e. The second-order valence-electron chi connectivity index (χ2n) is 4.31. The monoisotopic (exact) mass is 277 g/mol. The first-order valence-electron chi connectivity index (χ1n) is 6.24. The van der Waals surface area contributed by atoms with Crippen LogP contribution in [0.15, 0.2) is 17.5 Å². The number of nitrogens with one attached hydrogen (secondary N) is 1. The summed E-state index contributed by atoms with van der Waals surface area (Å²) in [5.74, 6) is 7.86. The van der Waals surface area contributed by atoms with Gasteiger partial charge in [0.1, 0.15) is 17.5 Å². The molecular weight excluding hydrogens is 258 g/mol. The van der Waals surface area contributed by atoms with Gasteiger partial charge in [0.15, 0.2) is 0 Å². The standard InChI is InChI=1S/C13H19N5S/c1-4-18(8-11-6-5-7-19-11)13-9(2)12(17-14)15-10(3)16-13/h5-7H,4,8,14H2,1-3H3,(H,15,16,17). The summed E-state index contributed by atoms with van der Waals surface area (Å²) < 4.78 is 0. The van der Waals surface area contributed by atoms with E-state index in [0.717, 1.165) is 30.3 Å². The molecule has 0 aromatic carbocycles. The molecule has 0 radical (unpaired) electrons. The molecule has 0 atom stereocenters. The van der Waals surface area contributed by atoms with E-state index in [0.29, 0.717) is 5.82 Å². The predicted molar refractivity (Wildman–Crippen MR) is 80.4 cm³/mol. The SMILES string of the molecule is CCN(Cc1cccs1)c1nc(C)nc(NN)c1C. The lowest BCUT2D eigenvalue weighted by molar-refractivity contribution is 0.807. The molecule has 19 heavy (non-hydrogen) atoms. The van der Waals surface area contributed by atoms with Gasteiger partial charge in [0.2, 0.25) is 0 Å². The molecule has 0 aliphatic carbocycles. The fraction of sp³-hybridized carbons (Fsp3) is 0.385. The van der Waals surface area contributed by atoms with Gasteiger partial charge in [0.25, 0.3) is 0 Å². The summed E-state index contributed by atoms with van der Waals surface area (Å²) in [5, 5.41) is 2.09. The van der Waals surface area contributed by atoms with Gasteiger partial charge in [-0.15, -0.1) is 11.3 Å². The van der Waals surface area contributed by atoms with Gasteiger partial charge in [-0.05, 0) is 32.2 Å². The van der Waals surface area contributed by atoms with Crippen LogP contribution >= 0.6 is 11.3 Å². The number of thiophene rings is 1. The van der Waals surface area contributed by atoms with Crippen molar-refractivity contribution in [3.05, 3.63) is 33.8 Å². The molecule has 0 aliphatic rings. The number of nitrogens with two attached hydrogens (primary N) is 1. The van der Waals surface area contributed by atoms with E-state index >= 15 is 0 Å². The predicted octanol–water partition coefficient (Wildman–Crippen LogP) is 2.47. The molecular formula is C13H19N5S. The molecule has 3 N–H and O–H groups in total. The molecule has 5 nitrogen and oxygen atoms in total. The highest BCUT2D eigenvalue weighted by Gasteiger charge is 2.14. The Kier molecular flexibility index (Phi) is 4.34. The lowest BCUT2D eigenvalue weighted by atomic mass is 10.2. The van der Waals surface area contributed by atoms with Gasteiger partial charge in [-0.2, -0.15) is 0 Å². The number of rotatable bonds is 5. The normalized spacial score (nSPS) is 10.5. The Labute approximate surface area is 117 Å². The molecule has 0 bridgehead atoms. The van der Waals surface area contributed by atoms with Crippen molar-refractivity contribution in [1.82, 2.24) is 9.97 Å². The fourth-order valence-corrected chi connectivity index (χ4v) is 2.71. The maximum absolute atomic E-state index is 5.51. The first kappa shape index (κ1) is 13.8. The van der Waals surface area contributed by atoms with Crippen molar-refractivity contribution < 1.29 is 0 Å². The molecule has 0 spiro atoms. The van der Waals surface area contributed by atoms with Gasteiger partial charge < -0.3 is 10.3 Å². The van der Waals surface area contributed by atoms with E-state index < -0.39 is 0 Å². The molecule has 0 saturated heterocycles. The molecule has 2 rings (SSSR count). The number of hydrazine groups is 1. The summed E-state index contributed by atoms with van der Waals surface area (Å²) in [6.45, 7) is 7.73. The Morgan fingerprint density at radius 3 is 2.74 bits per heavy atom. The maximum atomic E-state index is 5.51. The minimum Gasteiger partial charge on any atom is -0.351 e. The molecule has 2 aromatic rings. The molecule has 0 saturated carbocycles. The smallest absolute Gasteiger partial charge is 0.148 e. The quantitative estimate of drug-likeness (QED) is 0.649. The van der Waals surface area contributed by atoms with Gasteiger partial charge in [-0.25, -0.2) is 15.8 Å². The van der Waals surface area contributed by atoms with E-state index in [1.54, 1.807) is 11.3 Å². The summed E-state index contributed by atoms with van der Waals surface area (Å²) in [6, 6.07) is 4.21. The minimum absolute atomic E-state index is 0.687. The molecule has 2 heterocycles. The van der Waals surface area contributed by atoms with E-state index in [9.17, 15) is 0 Å². The molecule has 102 valence electrons. The molecule has 0 amide bonds. The average Bonchev–Trinajstić information content (AvgIpc) is 2.91. The third kappa shape index (κ3) is 3.02. The van der Waals surface area contributed by atoms with Crippen molar-refractivity contribution in [2.45, 2.75) is 27.3 Å². The Bertz CT molecular complexity index is 538. The van der Waals surface area contributed by atoms with Gasteiger partial charge in [-0.3, -0.25) is 0 Å². The second kappa shape index (κ2) is 5.99. The summed E-state index contributed by atoms with van der Waals surface area (Å²) in [4.78, 5) is 12.4. The van der Waals surface area contributed by atoms with E-state index in [-0.39, 0.29) is 0 Å². The Balaban J connectivity index is 2.34. The Morgan fingerprint density at radius 2 is 2.16 bits per heavy atom. The summed E-state index contributed by atoms with van der Waals surface area (Å²) in [5.41, 5.74) is 3.62. The van der Waals surface area contributed by atoms with Gasteiger partial charge in [0.05, 0.1) is 6.54 Å². The first-order chi connectivity index (χ1) is 9.15. The van der Waals surface area contributed by atoms with Crippen LogP contribution in [0.2, 0.25) is 0 Å². The lowest BCUT2D eigenvalue weighted by Gasteiger charge is -2.24. The lowest BCUT2D eigenvalue weighted by Crippen LogP contribution is -2.25. The minimum atomic E-state index is 0.687. The van der Waals surface area contributed by atoms with Crippen molar-refractivity contribution in [2.75, 3.05) is 16.9 Å². The van der Waals surface area contributed by atoms with Crippen LogP contribution < -0.4 is 16.2 Å². The van der Waals surface area contributed by atoms with Crippen molar-refractivity contribution in [3.8, 4) is 0 Å². The number of nitrogen functional groups attached to an aromatic ring is 1. The number of anilines is 2. The number of nitrogens with zero attached hydrogens (tertiary/aromatic N) is 3. The van der Waals surface area contributed by atoms with Gasteiger partial charge in [-0.1, -0.05) is 6.07 Å². The third-order valence-electron chi connectivity index (χ3n) is 2.98. The summed E-state index contributed by atoms with van der Waals surface area (Å²) in [7, 11) is 0. The summed E-state index contributed by atoms with van der Waals surface area (Å²) in [6.07, 6.45) is 0. The number of aromatic nitrogens is 2. The van der Waals surface area contributed by atoms with Crippen LogP contribution in [0.3, 0.4) is 0 Å². The van der Waals surface area contributed by atoms with Crippen LogP contribution in [0.5, 0.6) is 0 Å². The molecule has 2 aromatic heterocycles. The van der Waals surface area contributed by atoms with Crippen molar-refractivity contribution in [3.63, 3.8) is 0 Å². The van der Waals surface area contributed by atoms with Crippen molar-refractivity contribution in [1.29, 1.82) is 0 Å². The van der Waals surface area contributed by atoms with Crippen molar-refractivity contribution in [2.24, 2.45) is 5.84 Å². The van der Waals surface area contributed by atoms with E-state index in [1.807, 2.05) is 13.8 Å². The van der Waals surface area contributed by atoms with Crippen LogP contribution in [0.1, 0.15) is 23.2 Å². The third-order valence-corrected chi connectivity index (χ3v) is 3.84. The number of hydrogen-bond acceptors (Lipinski definition) is 6. The summed E-state index contributed by atoms with van der Waals surface area (Å²) >= 11 is 1.76. The first-order valence-corrected chi connectivity index (χ1v) is 7.12. The largest absolute Gasteiger partial charge is 0.351 e. The highest BCUT2D eigenvalue weighted by molar-refractivity contribution is 7.09.